The molecule has 20 heavy (non-hydrogen) atoms. The number of halogens is 3. The summed E-state index contributed by atoms with van der Waals surface area (Å²) in [5.41, 5.74) is -0.676. The summed E-state index contributed by atoms with van der Waals surface area (Å²) in [5.74, 6) is -0.734. The smallest absolute Gasteiger partial charge is 0.408 e. The molecule has 0 unspecified atom stereocenters. The summed E-state index contributed by atoms with van der Waals surface area (Å²) in [6.45, 7) is 8.19. The summed E-state index contributed by atoms with van der Waals surface area (Å²) < 4.78 is 8.13. The van der Waals surface area contributed by atoms with Crippen molar-refractivity contribution in [3.05, 3.63) is 12.7 Å². The van der Waals surface area contributed by atoms with Gasteiger partial charge in [0.1, 0.15) is 18.2 Å². The number of hydrogen-bond donors (Lipinski definition) is 1. The molecule has 1 amide bonds. The second-order valence-electron chi connectivity index (χ2n) is 4.95. The Hall–Kier alpha value is -0.650. The average molecular weight is 347 g/mol. The van der Waals surface area contributed by atoms with Gasteiger partial charge in [-0.05, 0) is 27.2 Å². The molecular formula is C12H18Cl3NO4. The molecule has 0 spiro atoms. The molecule has 0 aromatic rings. The lowest BCUT2D eigenvalue weighted by atomic mass is 10.2. The van der Waals surface area contributed by atoms with E-state index >= 15 is 0 Å². The zero-order valence-corrected chi connectivity index (χ0v) is 13.8. The first-order valence-corrected chi connectivity index (χ1v) is 6.92. The van der Waals surface area contributed by atoms with Gasteiger partial charge < -0.3 is 14.8 Å². The molecule has 0 radical (unpaired) electrons. The van der Waals surface area contributed by atoms with E-state index in [4.69, 9.17) is 44.3 Å². The predicted octanol–water partition coefficient (Wildman–Crippen LogP) is 3.37. The third-order valence-electron chi connectivity index (χ3n) is 1.76. The highest BCUT2D eigenvalue weighted by molar-refractivity contribution is 6.67. The van der Waals surface area contributed by atoms with Gasteiger partial charge >= 0.3 is 12.1 Å². The van der Waals surface area contributed by atoms with Gasteiger partial charge in [-0.2, -0.15) is 0 Å². The number of alkyl carbamates (subject to hydrolysis) is 1. The largest absolute Gasteiger partial charge is 0.460 e. The Morgan fingerprint density at radius 2 is 1.85 bits per heavy atom. The minimum absolute atomic E-state index is 0.165. The van der Waals surface area contributed by atoms with E-state index in [2.05, 4.69) is 11.9 Å². The van der Waals surface area contributed by atoms with Crippen molar-refractivity contribution in [2.24, 2.45) is 0 Å². The van der Waals surface area contributed by atoms with Crippen LogP contribution in [0.1, 0.15) is 27.2 Å². The second-order valence-corrected chi connectivity index (χ2v) is 7.46. The number of carbonyl (C=O) groups excluding carboxylic acids is 2. The minimum atomic E-state index is -1.71. The van der Waals surface area contributed by atoms with Crippen molar-refractivity contribution in [3.8, 4) is 0 Å². The zero-order valence-electron chi connectivity index (χ0n) is 11.5. The Balaban J connectivity index is 4.52. The molecule has 1 atom stereocenters. The summed E-state index contributed by atoms with van der Waals surface area (Å²) in [4.78, 5) is 23.4. The van der Waals surface area contributed by atoms with Crippen LogP contribution in [0.2, 0.25) is 0 Å². The van der Waals surface area contributed by atoms with E-state index < -0.39 is 34.1 Å². The Morgan fingerprint density at radius 3 is 2.25 bits per heavy atom. The Morgan fingerprint density at radius 1 is 1.30 bits per heavy atom. The van der Waals surface area contributed by atoms with Crippen LogP contribution in [0.5, 0.6) is 0 Å². The summed E-state index contributed by atoms with van der Waals surface area (Å²) in [6.07, 6.45) is 0.881. The lowest BCUT2D eigenvalue weighted by molar-refractivity contribution is -0.145. The summed E-state index contributed by atoms with van der Waals surface area (Å²) in [5, 5.41) is 2.37. The van der Waals surface area contributed by atoms with E-state index in [9.17, 15) is 9.59 Å². The zero-order chi connectivity index (χ0) is 16.0. The maximum absolute atomic E-state index is 11.8. The fourth-order valence-electron chi connectivity index (χ4n) is 1.08. The fourth-order valence-corrected chi connectivity index (χ4v) is 1.25. The van der Waals surface area contributed by atoms with Crippen LogP contribution in [0.15, 0.2) is 12.7 Å². The number of hydrogen-bond acceptors (Lipinski definition) is 4. The molecule has 0 heterocycles. The molecule has 0 aromatic carbocycles. The lowest BCUT2D eigenvalue weighted by Gasteiger charge is -2.22. The van der Waals surface area contributed by atoms with Crippen LogP contribution in [0, 0.1) is 0 Å². The molecule has 0 rings (SSSR count). The molecule has 0 aliphatic rings. The number of nitrogens with one attached hydrogen (secondary N) is 1. The van der Waals surface area contributed by atoms with Crippen molar-refractivity contribution in [3.63, 3.8) is 0 Å². The highest BCUT2D eigenvalue weighted by Gasteiger charge is 2.28. The van der Waals surface area contributed by atoms with E-state index in [1.165, 1.54) is 6.08 Å². The molecule has 0 bridgehead atoms. The van der Waals surface area contributed by atoms with Gasteiger partial charge in [-0.1, -0.05) is 40.9 Å². The topological polar surface area (TPSA) is 64.6 Å². The molecule has 0 aliphatic carbocycles. The third-order valence-corrected chi connectivity index (χ3v) is 2.08. The van der Waals surface area contributed by atoms with E-state index in [-0.39, 0.29) is 6.42 Å². The van der Waals surface area contributed by atoms with Crippen molar-refractivity contribution >= 4 is 46.9 Å². The Kier molecular flexibility index (Phi) is 7.70. The Labute approximate surface area is 133 Å². The molecule has 0 saturated heterocycles. The number of alkyl halides is 3. The molecule has 1 N–H and O–H groups in total. The van der Waals surface area contributed by atoms with Crippen LogP contribution in [0.25, 0.3) is 0 Å². The third kappa shape index (κ3) is 10.2. The average Bonchev–Trinajstić information content (AvgIpc) is 2.21. The lowest BCUT2D eigenvalue weighted by Crippen LogP contribution is -2.44. The first-order valence-electron chi connectivity index (χ1n) is 5.78. The highest BCUT2D eigenvalue weighted by atomic mass is 35.6. The van der Waals surface area contributed by atoms with Gasteiger partial charge in [0.15, 0.2) is 0 Å². The van der Waals surface area contributed by atoms with Crippen molar-refractivity contribution in [1.82, 2.24) is 5.32 Å². The quantitative estimate of drug-likeness (QED) is 0.471. The van der Waals surface area contributed by atoms with Crippen LogP contribution in [-0.2, 0) is 14.3 Å². The molecule has 0 fully saturated rings. The SMILES string of the molecule is C=CC[C@@H](NC(=O)OC(C)(C)C)C(=O)OCC(Cl)(Cl)Cl. The monoisotopic (exact) mass is 345 g/mol. The van der Waals surface area contributed by atoms with Gasteiger partial charge in [0, 0.05) is 0 Å². The van der Waals surface area contributed by atoms with E-state index in [0.29, 0.717) is 0 Å². The molecular weight excluding hydrogens is 328 g/mol. The van der Waals surface area contributed by atoms with Crippen molar-refractivity contribution < 1.29 is 19.1 Å². The number of esters is 1. The van der Waals surface area contributed by atoms with E-state index in [1.807, 2.05) is 0 Å². The van der Waals surface area contributed by atoms with Crippen molar-refractivity contribution in [1.29, 1.82) is 0 Å². The summed E-state index contributed by atoms with van der Waals surface area (Å²) >= 11 is 16.4. The van der Waals surface area contributed by atoms with E-state index in [0.717, 1.165) is 0 Å². The molecule has 116 valence electrons. The van der Waals surface area contributed by atoms with Gasteiger partial charge in [-0.25, -0.2) is 9.59 Å². The molecule has 0 aliphatic heterocycles. The number of ether oxygens (including phenoxy) is 2. The maximum atomic E-state index is 11.8. The van der Waals surface area contributed by atoms with Gasteiger partial charge in [-0.3, -0.25) is 0 Å². The first kappa shape index (κ1) is 19.4. The van der Waals surface area contributed by atoms with Crippen molar-refractivity contribution in [2.75, 3.05) is 6.61 Å². The first-order chi connectivity index (χ1) is 8.94. The highest BCUT2D eigenvalue weighted by Crippen LogP contribution is 2.26. The number of amides is 1. The second kappa shape index (κ2) is 7.96. The Bertz CT molecular complexity index is 361. The molecule has 0 aromatic heterocycles. The van der Waals surface area contributed by atoms with Gasteiger partial charge in [0.2, 0.25) is 3.79 Å². The summed E-state index contributed by atoms with van der Waals surface area (Å²) in [7, 11) is 0. The van der Waals surface area contributed by atoms with Crippen LogP contribution < -0.4 is 5.32 Å². The van der Waals surface area contributed by atoms with Crippen LogP contribution in [0.3, 0.4) is 0 Å². The van der Waals surface area contributed by atoms with Crippen molar-refractivity contribution in [2.45, 2.75) is 42.6 Å². The molecule has 8 heteroatoms. The standard InChI is InChI=1S/C12H18Cl3NO4/c1-5-6-8(9(17)19-7-12(13,14)15)16-10(18)20-11(2,3)4/h5,8H,1,6-7H2,2-4H3,(H,16,18)/t8-/m1/s1. The maximum Gasteiger partial charge on any atom is 0.408 e. The van der Waals surface area contributed by atoms with E-state index in [1.54, 1.807) is 20.8 Å². The van der Waals surface area contributed by atoms with Gasteiger partial charge in [-0.15, -0.1) is 6.58 Å². The number of carbonyl (C=O) groups is 2. The van der Waals surface area contributed by atoms with Crippen LogP contribution in [-0.4, -0.2) is 34.1 Å². The minimum Gasteiger partial charge on any atom is -0.460 e. The normalized spacial score (nSPS) is 13.3. The van der Waals surface area contributed by atoms with Gasteiger partial charge in [0.25, 0.3) is 0 Å². The number of rotatable bonds is 5. The molecule has 0 saturated carbocycles. The fraction of sp³-hybridized carbons (Fsp3) is 0.667. The van der Waals surface area contributed by atoms with Crippen LogP contribution in [0.4, 0.5) is 4.79 Å². The summed E-state index contributed by atoms with van der Waals surface area (Å²) in [6, 6.07) is -0.949. The van der Waals surface area contributed by atoms with Crippen LogP contribution >= 0.6 is 34.8 Å². The molecule has 5 nitrogen and oxygen atoms in total. The predicted molar refractivity (Wildman–Crippen MR) is 79.2 cm³/mol. The van der Waals surface area contributed by atoms with Gasteiger partial charge in [0.05, 0.1) is 0 Å².